The molecule has 0 radical (unpaired) electrons. The summed E-state index contributed by atoms with van der Waals surface area (Å²) in [6, 6.07) is 7.59. The smallest absolute Gasteiger partial charge is 0.253 e. The van der Waals surface area contributed by atoms with E-state index in [4.69, 9.17) is 22.7 Å². The van der Waals surface area contributed by atoms with E-state index in [1.165, 1.54) is 0 Å². The minimum atomic E-state index is 0.0149. The van der Waals surface area contributed by atoms with Gasteiger partial charge in [-0.05, 0) is 25.5 Å². The lowest BCUT2D eigenvalue weighted by Crippen LogP contribution is -2.35. The highest BCUT2D eigenvalue weighted by Crippen LogP contribution is 2.09. The highest BCUT2D eigenvalue weighted by Gasteiger charge is 2.15. The average Bonchev–Trinajstić information content (AvgIpc) is 2.41. The highest BCUT2D eigenvalue weighted by molar-refractivity contribution is 7.80. The van der Waals surface area contributed by atoms with Crippen molar-refractivity contribution in [3.05, 3.63) is 35.4 Å². The lowest BCUT2D eigenvalue weighted by atomic mass is 10.1. The Balaban J connectivity index is 2.74. The minimum absolute atomic E-state index is 0.0149. The van der Waals surface area contributed by atoms with Crippen molar-refractivity contribution in [1.82, 2.24) is 4.90 Å². The SMILES string of the molecule is COCCCN(CCC(N)=S)C(=O)c1cccc(C)c1. The number of nitrogens with two attached hydrogens (primary N) is 1. The van der Waals surface area contributed by atoms with Gasteiger partial charge in [0.1, 0.15) is 0 Å². The van der Waals surface area contributed by atoms with Gasteiger partial charge in [0, 0.05) is 38.8 Å². The van der Waals surface area contributed by atoms with E-state index in [0.29, 0.717) is 36.7 Å². The molecule has 0 aliphatic rings. The maximum atomic E-state index is 12.5. The molecule has 1 aromatic rings. The summed E-state index contributed by atoms with van der Waals surface area (Å²) >= 11 is 4.89. The minimum Gasteiger partial charge on any atom is -0.393 e. The average molecular weight is 294 g/mol. The zero-order valence-corrected chi connectivity index (χ0v) is 12.9. The van der Waals surface area contributed by atoms with Crippen LogP contribution >= 0.6 is 12.2 Å². The van der Waals surface area contributed by atoms with Gasteiger partial charge in [0.05, 0.1) is 4.99 Å². The molecule has 20 heavy (non-hydrogen) atoms. The number of rotatable bonds is 8. The number of thiocarbonyl (C=S) groups is 1. The fraction of sp³-hybridized carbons (Fsp3) is 0.467. The maximum absolute atomic E-state index is 12.5. The molecule has 0 saturated carbocycles. The largest absolute Gasteiger partial charge is 0.393 e. The van der Waals surface area contributed by atoms with Crippen LogP contribution < -0.4 is 5.73 Å². The zero-order valence-electron chi connectivity index (χ0n) is 12.1. The molecule has 1 aromatic carbocycles. The monoisotopic (exact) mass is 294 g/mol. The van der Waals surface area contributed by atoms with Crippen LogP contribution in [0.1, 0.15) is 28.8 Å². The van der Waals surface area contributed by atoms with Crippen molar-refractivity contribution < 1.29 is 9.53 Å². The van der Waals surface area contributed by atoms with Crippen molar-refractivity contribution >= 4 is 23.1 Å². The third-order valence-electron chi connectivity index (χ3n) is 2.96. The van der Waals surface area contributed by atoms with E-state index in [2.05, 4.69) is 0 Å². The predicted molar refractivity (Wildman–Crippen MR) is 85.0 cm³/mol. The third-order valence-corrected chi connectivity index (χ3v) is 3.16. The Kier molecular flexibility index (Phi) is 7.18. The first-order valence-corrected chi connectivity index (χ1v) is 7.08. The Labute approximate surface area is 125 Å². The third kappa shape index (κ3) is 5.67. The molecule has 0 aliphatic heterocycles. The molecule has 4 nitrogen and oxygen atoms in total. The van der Waals surface area contributed by atoms with Crippen LogP contribution in [0.15, 0.2) is 24.3 Å². The van der Waals surface area contributed by atoms with Gasteiger partial charge in [-0.15, -0.1) is 0 Å². The van der Waals surface area contributed by atoms with Crippen molar-refractivity contribution in [1.29, 1.82) is 0 Å². The van der Waals surface area contributed by atoms with Crippen molar-refractivity contribution in [2.24, 2.45) is 5.73 Å². The van der Waals surface area contributed by atoms with Crippen LogP contribution in [0.5, 0.6) is 0 Å². The van der Waals surface area contributed by atoms with Crippen LogP contribution in [-0.2, 0) is 4.74 Å². The van der Waals surface area contributed by atoms with Crippen LogP contribution in [-0.4, -0.2) is 42.6 Å². The van der Waals surface area contributed by atoms with E-state index < -0.39 is 0 Å². The van der Waals surface area contributed by atoms with E-state index >= 15 is 0 Å². The molecule has 0 fully saturated rings. The molecule has 0 unspecified atom stereocenters. The van der Waals surface area contributed by atoms with Crippen LogP contribution in [0.2, 0.25) is 0 Å². The molecule has 0 heterocycles. The van der Waals surface area contributed by atoms with Crippen molar-refractivity contribution in [2.45, 2.75) is 19.8 Å². The summed E-state index contributed by atoms with van der Waals surface area (Å²) in [4.78, 5) is 14.7. The first-order chi connectivity index (χ1) is 9.54. The number of carbonyl (C=O) groups is 1. The summed E-state index contributed by atoms with van der Waals surface area (Å²) in [5.41, 5.74) is 7.30. The second-order valence-electron chi connectivity index (χ2n) is 4.72. The summed E-state index contributed by atoms with van der Waals surface area (Å²) in [5, 5.41) is 0. The molecule has 5 heteroatoms. The molecule has 0 atom stereocenters. The second kappa shape index (κ2) is 8.66. The zero-order chi connectivity index (χ0) is 15.0. The number of hydrogen-bond acceptors (Lipinski definition) is 3. The number of aryl methyl sites for hydroxylation is 1. The number of carbonyl (C=O) groups excluding carboxylic acids is 1. The van der Waals surface area contributed by atoms with Gasteiger partial charge in [-0.25, -0.2) is 0 Å². The summed E-state index contributed by atoms with van der Waals surface area (Å²) in [7, 11) is 1.65. The fourth-order valence-electron chi connectivity index (χ4n) is 1.92. The van der Waals surface area contributed by atoms with Crippen molar-refractivity contribution in [2.75, 3.05) is 26.8 Å². The summed E-state index contributed by atoms with van der Waals surface area (Å²) < 4.78 is 5.03. The standard InChI is InChI=1S/C15H22N2O2S/c1-12-5-3-6-13(11-12)15(18)17(8-4-10-19-2)9-7-14(16)20/h3,5-6,11H,4,7-10H2,1-2H3,(H2,16,20). The molecule has 1 amide bonds. The van der Waals surface area contributed by atoms with Crippen LogP contribution in [0.3, 0.4) is 0 Å². The summed E-state index contributed by atoms with van der Waals surface area (Å²) in [6.07, 6.45) is 1.34. The Morgan fingerprint density at radius 1 is 1.40 bits per heavy atom. The van der Waals surface area contributed by atoms with E-state index in [1.807, 2.05) is 31.2 Å². The highest BCUT2D eigenvalue weighted by atomic mass is 32.1. The Bertz CT molecular complexity index is 463. The van der Waals surface area contributed by atoms with Crippen LogP contribution in [0.25, 0.3) is 0 Å². The Hall–Kier alpha value is -1.46. The number of nitrogens with zero attached hydrogens (tertiary/aromatic N) is 1. The van der Waals surface area contributed by atoms with E-state index in [9.17, 15) is 4.79 Å². The van der Waals surface area contributed by atoms with E-state index in [-0.39, 0.29) is 5.91 Å². The van der Waals surface area contributed by atoms with Gasteiger partial charge in [-0.1, -0.05) is 29.9 Å². The van der Waals surface area contributed by atoms with Gasteiger partial charge in [0.2, 0.25) is 0 Å². The fourth-order valence-corrected chi connectivity index (χ4v) is 2.01. The van der Waals surface area contributed by atoms with Crippen molar-refractivity contribution in [3.63, 3.8) is 0 Å². The normalized spacial score (nSPS) is 10.3. The van der Waals surface area contributed by atoms with Gasteiger partial charge >= 0.3 is 0 Å². The molecular weight excluding hydrogens is 272 g/mol. The van der Waals surface area contributed by atoms with E-state index in [1.54, 1.807) is 12.0 Å². The number of ether oxygens (including phenoxy) is 1. The Morgan fingerprint density at radius 3 is 2.75 bits per heavy atom. The number of amides is 1. The molecule has 1 rings (SSSR count). The van der Waals surface area contributed by atoms with Gasteiger partial charge in [-0.3, -0.25) is 4.79 Å². The lowest BCUT2D eigenvalue weighted by Gasteiger charge is -2.22. The van der Waals surface area contributed by atoms with Gasteiger partial charge in [0.25, 0.3) is 5.91 Å². The first-order valence-electron chi connectivity index (χ1n) is 6.67. The number of methoxy groups -OCH3 is 1. The lowest BCUT2D eigenvalue weighted by molar-refractivity contribution is 0.0742. The molecule has 0 saturated heterocycles. The second-order valence-corrected chi connectivity index (χ2v) is 5.25. The number of hydrogen-bond donors (Lipinski definition) is 1. The molecule has 0 aromatic heterocycles. The maximum Gasteiger partial charge on any atom is 0.253 e. The molecule has 0 aliphatic carbocycles. The van der Waals surface area contributed by atoms with Crippen molar-refractivity contribution in [3.8, 4) is 0 Å². The predicted octanol–water partition coefficient (Wildman–Crippen LogP) is 2.15. The van der Waals surface area contributed by atoms with Gasteiger partial charge < -0.3 is 15.4 Å². The first kappa shape index (κ1) is 16.6. The van der Waals surface area contributed by atoms with E-state index in [0.717, 1.165) is 12.0 Å². The molecule has 2 N–H and O–H groups in total. The topological polar surface area (TPSA) is 55.6 Å². The van der Waals surface area contributed by atoms with Crippen LogP contribution in [0, 0.1) is 6.92 Å². The summed E-state index contributed by atoms with van der Waals surface area (Å²) in [5.74, 6) is 0.0149. The molecular formula is C15H22N2O2S. The number of benzene rings is 1. The Morgan fingerprint density at radius 2 is 2.15 bits per heavy atom. The molecule has 110 valence electrons. The van der Waals surface area contributed by atoms with Gasteiger partial charge in [0.15, 0.2) is 0 Å². The molecule has 0 bridgehead atoms. The summed E-state index contributed by atoms with van der Waals surface area (Å²) in [6.45, 7) is 3.79. The van der Waals surface area contributed by atoms with Gasteiger partial charge in [-0.2, -0.15) is 0 Å². The molecule has 0 spiro atoms. The van der Waals surface area contributed by atoms with Crippen LogP contribution in [0.4, 0.5) is 0 Å². The quantitative estimate of drug-likeness (QED) is 0.589.